The van der Waals surface area contributed by atoms with Crippen LogP contribution in [0.2, 0.25) is 5.02 Å². The minimum atomic E-state index is 0.0140. The van der Waals surface area contributed by atoms with E-state index in [0.717, 1.165) is 18.8 Å². The van der Waals surface area contributed by atoms with Crippen LogP contribution in [-0.4, -0.2) is 28.5 Å². The van der Waals surface area contributed by atoms with Crippen LogP contribution in [0.3, 0.4) is 0 Å². The first-order chi connectivity index (χ1) is 9.74. The average molecular weight is 291 g/mol. The Morgan fingerprint density at radius 1 is 1.50 bits per heavy atom. The predicted octanol–water partition coefficient (Wildman–Crippen LogP) is 2.07. The van der Waals surface area contributed by atoms with Crippen LogP contribution in [0.15, 0.2) is 36.9 Å². The third-order valence-corrected chi connectivity index (χ3v) is 3.67. The Morgan fingerprint density at radius 2 is 2.35 bits per heavy atom. The minimum Gasteiger partial charge on any atom is -0.324 e. The fraction of sp³-hybridized carbons (Fsp3) is 0.286. The molecule has 0 saturated carbocycles. The smallest absolute Gasteiger partial charge is 0.224 e. The van der Waals surface area contributed by atoms with Gasteiger partial charge in [-0.15, -0.1) is 0 Å². The summed E-state index contributed by atoms with van der Waals surface area (Å²) in [4.78, 5) is 16.1. The monoisotopic (exact) mass is 290 g/mol. The van der Waals surface area contributed by atoms with Crippen molar-refractivity contribution in [2.75, 3.05) is 18.4 Å². The van der Waals surface area contributed by atoms with Crippen LogP contribution in [0.4, 0.5) is 5.69 Å². The summed E-state index contributed by atoms with van der Waals surface area (Å²) in [7, 11) is 0. The zero-order chi connectivity index (χ0) is 13.9. The third-order valence-electron chi connectivity index (χ3n) is 3.36. The van der Waals surface area contributed by atoms with Crippen molar-refractivity contribution < 1.29 is 4.79 Å². The molecule has 0 spiro atoms. The van der Waals surface area contributed by atoms with Crippen LogP contribution in [0.25, 0.3) is 5.69 Å². The van der Waals surface area contributed by atoms with Crippen molar-refractivity contribution in [3.63, 3.8) is 0 Å². The molecule has 1 saturated heterocycles. The van der Waals surface area contributed by atoms with E-state index in [9.17, 15) is 4.79 Å². The van der Waals surface area contributed by atoms with E-state index in [1.54, 1.807) is 29.4 Å². The van der Waals surface area contributed by atoms with Gasteiger partial charge in [0.1, 0.15) is 0 Å². The number of aromatic nitrogens is 2. The molecule has 6 heteroatoms. The van der Waals surface area contributed by atoms with Gasteiger partial charge in [0.05, 0.1) is 22.7 Å². The summed E-state index contributed by atoms with van der Waals surface area (Å²) in [6.07, 6.45) is 5.66. The number of benzene rings is 1. The van der Waals surface area contributed by atoms with Crippen molar-refractivity contribution >= 4 is 23.2 Å². The molecule has 1 amide bonds. The molecular formula is C14H15ClN4O. The van der Waals surface area contributed by atoms with E-state index in [2.05, 4.69) is 15.6 Å². The highest BCUT2D eigenvalue weighted by Gasteiger charge is 2.21. The lowest BCUT2D eigenvalue weighted by molar-refractivity contribution is -0.117. The second-order valence-corrected chi connectivity index (χ2v) is 5.29. The number of para-hydroxylation sites is 1. The number of amides is 1. The number of hydrogen-bond donors (Lipinski definition) is 2. The number of halogens is 1. The van der Waals surface area contributed by atoms with Crippen LogP contribution < -0.4 is 10.6 Å². The van der Waals surface area contributed by atoms with Gasteiger partial charge in [-0.2, -0.15) is 0 Å². The lowest BCUT2D eigenvalue weighted by Crippen LogP contribution is -2.43. The van der Waals surface area contributed by atoms with Crippen molar-refractivity contribution in [1.29, 1.82) is 0 Å². The molecule has 1 aliphatic rings. The van der Waals surface area contributed by atoms with Crippen molar-refractivity contribution in [3.8, 4) is 5.69 Å². The summed E-state index contributed by atoms with van der Waals surface area (Å²) >= 11 is 6.24. The van der Waals surface area contributed by atoms with E-state index < -0.39 is 0 Å². The predicted molar refractivity (Wildman–Crippen MR) is 78.2 cm³/mol. The molecule has 0 radical (unpaired) electrons. The summed E-state index contributed by atoms with van der Waals surface area (Å²) < 4.78 is 1.79. The molecule has 1 aliphatic heterocycles. The van der Waals surface area contributed by atoms with Gasteiger partial charge in [0.25, 0.3) is 0 Å². The highest BCUT2D eigenvalue weighted by molar-refractivity contribution is 6.33. The summed E-state index contributed by atoms with van der Waals surface area (Å²) in [6.45, 7) is 1.83. The van der Waals surface area contributed by atoms with E-state index in [1.807, 2.05) is 12.1 Å². The normalized spacial score (nSPS) is 14.8. The van der Waals surface area contributed by atoms with Crippen molar-refractivity contribution in [2.45, 2.75) is 6.42 Å². The largest absolute Gasteiger partial charge is 0.324 e. The Hall–Kier alpha value is -1.85. The maximum atomic E-state index is 12.0. The van der Waals surface area contributed by atoms with Crippen LogP contribution in [0.5, 0.6) is 0 Å². The first-order valence-corrected chi connectivity index (χ1v) is 6.89. The number of anilines is 1. The maximum absolute atomic E-state index is 12.0. The fourth-order valence-electron chi connectivity index (χ4n) is 2.23. The van der Waals surface area contributed by atoms with Gasteiger partial charge in [0, 0.05) is 18.8 Å². The second kappa shape index (κ2) is 5.64. The van der Waals surface area contributed by atoms with Crippen LogP contribution in [-0.2, 0) is 4.79 Å². The number of imidazole rings is 1. The molecule has 20 heavy (non-hydrogen) atoms. The van der Waals surface area contributed by atoms with E-state index in [4.69, 9.17) is 11.6 Å². The summed E-state index contributed by atoms with van der Waals surface area (Å²) in [5.41, 5.74) is 1.44. The highest BCUT2D eigenvalue weighted by Crippen LogP contribution is 2.28. The Kier molecular flexibility index (Phi) is 3.71. The molecule has 1 aromatic heterocycles. The lowest BCUT2D eigenvalue weighted by Gasteiger charge is -2.26. The Labute approximate surface area is 122 Å². The lowest BCUT2D eigenvalue weighted by atomic mass is 9.99. The molecule has 2 heterocycles. The van der Waals surface area contributed by atoms with Crippen molar-refractivity contribution in [3.05, 3.63) is 41.9 Å². The van der Waals surface area contributed by atoms with Crippen LogP contribution in [0.1, 0.15) is 6.42 Å². The molecule has 3 rings (SSSR count). The molecule has 2 aromatic rings. The molecule has 0 unspecified atom stereocenters. The Bertz CT molecular complexity index is 608. The standard InChI is InChI=1S/C14H15ClN4O/c15-11-2-1-3-12(14(11)19-5-4-16-9-19)18-13(20)6-10-7-17-8-10/h1-5,9-10,17H,6-8H2,(H,18,20). The van der Waals surface area contributed by atoms with Gasteiger partial charge in [0.15, 0.2) is 0 Å². The molecule has 1 aromatic carbocycles. The summed E-state index contributed by atoms with van der Waals surface area (Å²) in [5, 5.41) is 6.67. The first-order valence-electron chi connectivity index (χ1n) is 6.51. The Morgan fingerprint density at radius 3 is 3.00 bits per heavy atom. The van der Waals surface area contributed by atoms with Gasteiger partial charge in [0.2, 0.25) is 5.91 Å². The zero-order valence-electron chi connectivity index (χ0n) is 10.8. The number of nitrogens with one attached hydrogen (secondary N) is 2. The van der Waals surface area contributed by atoms with Gasteiger partial charge in [-0.1, -0.05) is 17.7 Å². The first kappa shape index (κ1) is 13.1. The van der Waals surface area contributed by atoms with Crippen LogP contribution >= 0.6 is 11.6 Å². The molecular weight excluding hydrogens is 276 g/mol. The van der Waals surface area contributed by atoms with E-state index in [0.29, 0.717) is 23.0 Å². The highest BCUT2D eigenvalue weighted by atomic mass is 35.5. The van der Waals surface area contributed by atoms with E-state index in [-0.39, 0.29) is 5.91 Å². The van der Waals surface area contributed by atoms with Crippen molar-refractivity contribution in [2.24, 2.45) is 5.92 Å². The summed E-state index contributed by atoms with van der Waals surface area (Å²) in [6, 6.07) is 5.46. The van der Waals surface area contributed by atoms with Gasteiger partial charge in [-0.05, 0) is 31.1 Å². The molecule has 0 atom stereocenters. The SMILES string of the molecule is O=C(CC1CNC1)Nc1cccc(Cl)c1-n1ccnc1. The quantitative estimate of drug-likeness (QED) is 0.906. The minimum absolute atomic E-state index is 0.0140. The average Bonchev–Trinajstić information content (AvgIpc) is 2.88. The van der Waals surface area contributed by atoms with Gasteiger partial charge < -0.3 is 15.2 Å². The third kappa shape index (κ3) is 2.69. The molecule has 0 bridgehead atoms. The molecule has 104 valence electrons. The van der Waals surface area contributed by atoms with Crippen LogP contribution in [0, 0.1) is 5.92 Å². The zero-order valence-corrected chi connectivity index (χ0v) is 11.6. The number of rotatable bonds is 4. The van der Waals surface area contributed by atoms with E-state index in [1.165, 1.54) is 0 Å². The van der Waals surface area contributed by atoms with Gasteiger partial charge in [-0.3, -0.25) is 4.79 Å². The number of carbonyl (C=O) groups is 1. The molecule has 1 fully saturated rings. The molecule has 0 aliphatic carbocycles. The summed E-state index contributed by atoms with van der Waals surface area (Å²) in [5.74, 6) is 0.450. The number of nitrogens with zero attached hydrogens (tertiary/aromatic N) is 2. The maximum Gasteiger partial charge on any atom is 0.224 e. The molecule has 5 nitrogen and oxygen atoms in total. The fourth-order valence-corrected chi connectivity index (χ4v) is 2.50. The van der Waals surface area contributed by atoms with Crippen molar-refractivity contribution in [1.82, 2.24) is 14.9 Å². The number of hydrogen-bond acceptors (Lipinski definition) is 3. The van der Waals surface area contributed by atoms with E-state index >= 15 is 0 Å². The number of carbonyl (C=O) groups excluding carboxylic acids is 1. The molecule has 2 N–H and O–H groups in total. The van der Waals surface area contributed by atoms with Gasteiger partial charge in [-0.25, -0.2) is 4.98 Å². The Balaban J connectivity index is 1.82. The topological polar surface area (TPSA) is 59.0 Å². The second-order valence-electron chi connectivity index (χ2n) is 4.88. The van der Waals surface area contributed by atoms with Gasteiger partial charge >= 0.3 is 0 Å².